The number of rotatable bonds is 5. The van der Waals surface area contributed by atoms with Crippen LogP contribution in [0, 0.1) is 0 Å². The molecule has 2 rings (SSSR count). The van der Waals surface area contributed by atoms with Crippen molar-refractivity contribution < 1.29 is 28.4 Å². The number of methoxy groups -OCH3 is 1. The van der Waals surface area contributed by atoms with Crippen LogP contribution in [-0.2, 0) is 14.0 Å². The van der Waals surface area contributed by atoms with Gasteiger partial charge in [-0.15, -0.1) is 0 Å². The number of hydrogen-bond donors (Lipinski definition) is 0. The maximum absolute atomic E-state index is 7.72. The van der Waals surface area contributed by atoms with Crippen molar-refractivity contribution in [1.29, 1.82) is 0 Å². The van der Waals surface area contributed by atoms with E-state index in [1.165, 1.54) is 6.20 Å². The molecule has 0 aromatic carbocycles. The summed E-state index contributed by atoms with van der Waals surface area (Å²) in [5.74, 6) is -0.384. The molecule has 0 saturated carbocycles. The topological polar surface area (TPSA) is 62.7 Å². The molecule has 0 unspecified atom stereocenters. The van der Waals surface area contributed by atoms with E-state index in [-0.39, 0.29) is 11.5 Å². The van der Waals surface area contributed by atoms with Gasteiger partial charge >= 0.3 is 7.12 Å². The number of ether oxygens (including phenoxy) is 2. The van der Waals surface area contributed by atoms with E-state index in [1.807, 2.05) is 27.7 Å². The molecule has 0 bridgehead atoms. The molecule has 6 nitrogen and oxygen atoms in total. The molecule has 20 heavy (non-hydrogen) atoms. The lowest BCUT2D eigenvalue weighted by Gasteiger charge is -2.32. The molecule has 1 aromatic rings. The van der Waals surface area contributed by atoms with E-state index in [4.69, 9.17) is 23.6 Å². The highest BCUT2D eigenvalue weighted by molar-refractivity contribution is 6.61. The molecule has 0 spiro atoms. The van der Waals surface area contributed by atoms with Gasteiger partial charge < -0.3 is 18.8 Å². The highest BCUT2D eigenvalue weighted by Gasteiger charge is 2.52. The summed E-state index contributed by atoms with van der Waals surface area (Å²) in [6, 6.07) is 0. The van der Waals surface area contributed by atoms with Crippen LogP contribution in [0.4, 0.5) is 0 Å². The van der Waals surface area contributed by atoms with Gasteiger partial charge in [0.1, 0.15) is 6.56 Å². The van der Waals surface area contributed by atoms with E-state index in [9.17, 15) is 0 Å². The van der Waals surface area contributed by atoms with Gasteiger partial charge in [-0.1, -0.05) is 0 Å². The zero-order valence-electron chi connectivity index (χ0n) is 18.8. The fourth-order valence-electron chi connectivity index (χ4n) is 1.58. The van der Waals surface area contributed by atoms with Crippen molar-refractivity contribution in [3.8, 4) is 5.88 Å². The molecule has 0 atom stereocenters. The van der Waals surface area contributed by atoms with Gasteiger partial charge in [0.05, 0.1) is 39.1 Å². The first-order chi connectivity index (χ1) is 12.0. The van der Waals surface area contributed by atoms with Crippen LogP contribution in [0.3, 0.4) is 0 Å². The monoisotopic (exact) mass is 287 g/mol. The highest BCUT2D eigenvalue weighted by atomic mass is 16.7. The fourth-order valence-corrected chi connectivity index (χ4v) is 1.58. The molecule has 110 valence electrons. The molecule has 1 aliphatic rings. The van der Waals surface area contributed by atoms with Crippen LogP contribution >= 0.6 is 0 Å². The summed E-state index contributed by atoms with van der Waals surface area (Å²) in [6.07, 6.45) is 2.40. The first kappa shape index (κ1) is 8.31. The zero-order valence-corrected chi connectivity index (χ0v) is 11.8. The smallest absolute Gasteiger partial charge is 0.474 e. The molecule has 0 radical (unpaired) electrons. The molecule has 1 aliphatic heterocycles. The minimum absolute atomic E-state index is 0.194. The van der Waals surface area contributed by atoms with Crippen LogP contribution < -0.4 is 10.3 Å². The van der Waals surface area contributed by atoms with Crippen molar-refractivity contribution in [2.24, 2.45) is 0 Å². The van der Waals surface area contributed by atoms with Gasteiger partial charge in [0.15, 0.2) is 0 Å². The molecule has 1 fully saturated rings. The maximum atomic E-state index is 7.72. The predicted molar refractivity (Wildman–Crippen MR) is 75.1 cm³/mol. The minimum Gasteiger partial charge on any atom is -0.474 e. The third kappa shape index (κ3) is 3.11. The standard InChI is InChI=1S/C13H21BN2O4/c1-12(2)13(3,4)20-14(19-12)10-8-15-9-11(16-10)18-7-6-17-5/h8-9H,6-7H2,1-5H3/i5D3,6D2,7D2. The second-order valence-corrected chi connectivity index (χ2v) is 5.28. The Balaban J connectivity index is 2.21. The fraction of sp³-hybridized carbons (Fsp3) is 0.692. The van der Waals surface area contributed by atoms with Crippen LogP contribution in [0.15, 0.2) is 12.4 Å². The molecule has 0 amide bonds. The van der Waals surface area contributed by atoms with Crippen molar-refractivity contribution in [3.63, 3.8) is 0 Å². The van der Waals surface area contributed by atoms with E-state index in [2.05, 4.69) is 14.7 Å². The second-order valence-electron chi connectivity index (χ2n) is 5.28. The van der Waals surface area contributed by atoms with E-state index in [0.717, 1.165) is 6.20 Å². The average molecular weight is 287 g/mol. The van der Waals surface area contributed by atoms with Crippen molar-refractivity contribution in [3.05, 3.63) is 12.4 Å². The van der Waals surface area contributed by atoms with Gasteiger partial charge in [-0.25, -0.2) is 4.98 Å². The van der Waals surface area contributed by atoms with Crippen molar-refractivity contribution >= 4 is 12.7 Å². The van der Waals surface area contributed by atoms with Crippen molar-refractivity contribution in [2.75, 3.05) is 20.2 Å². The largest absolute Gasteiger partial charge is 0.516 e. The normalized spacial score (nSPS) is 27.4. The van der Waals surface area contributed by atoms with Gasteiger partial charge in [-0.05, 0) is 27.7 Å². The van der Waals surface area contributed by atoms with E-state index in [0.29, 0.717) is 0 Å². The van der Waals surface area contributed by atoms with Crippen LogP contribution in [0.1, 0.15) is 37.3 Å². The summed E-state index contributed by atoms with van der Waals surface area (Å²) in [7, 11) is -4.04. The lowest BCUT2D eigenvalue weighted by atomic mass is 9.85. The minimum atomic E-state index is -3.28. The molecule has 7 heteroatoms. The summed E-state index contributed by atoms with van der Waals surface area (Å²) in [6.45, 7) is 0.950. The van der Waals surface area contributed by atoms with Crippen LogP contribution in [0.25, 0.3) is 0 Å². The lowest BCUT2D eigenvalue weighted by molar-refractivity contribution is 0.00578. The molecule has 2 heterocycles. The Hall–Kier alpha value is -1.18. The van der Waals surface area contributed by atoms with Gasteiger partial charge in [-0.3, -0.25) is 4.98 Å². The molecular weight excluding hydrogens is 259 g/mol. The third-order valence-corrected chi connectivity index (χ3v) is 3.37. The average Bonchev–Trinajstić information content (AvgIpc) is 2.64. The molecule has 0 N–H and O–H groups in total. The number of nitrogens with zero attached hydrogens (tertiary/aromatic N) is 2. The van der Waals surface area contributed by atoms with Crippen LogP contribution in [-0.4, -0.2) is 48.4 Å². The van der Waals surface area contributed by atoms with Crippen LogP contribution in [0.5, 0.6) is 5.88 Å². The predicted octanol–water partition coefficient (Wildman–Crippen LogP) is 0.801. The van der Waals surface area contributed by atoms with Crippen molar-refractivity contribution in [1.82, 2.24) is 9.97 Å². The summed E-state index contributed by atoms with van der Waals surface area (Å²) < 4.78 is 72.1. The van der Waals surface area contributed by atoms with E-state index in [1.54, 1.807) is 0 Å². The molecule has 0 aliphatic carbocycles. The summed E-state index contributed by atoms with van der Waals surface area (Å²) >= 11 is 0. The summed E-state index contributed by atoms with van der Waals surface area (Å²) in [5, 5.41) is 0. The first-order valence-corrected chi connectivity index (χ1v) is 6.03. The maximum Gasteiger partial charge on any atom is 0.516 e. The number of aromatic nitrogens is 2. The van der Waals surface area contributed by atoms with Crippen LogP contribution in [0.2, 0.25) is 0 Å². The SMILES string of the molecule is [2H]C([2H])([2H])OC([2H])([2H])C([2H])([2H])Oc1cncc(B2OC(C)(C)C(C)(C)O2)n1. The van der Waals surface area contributed by atoms with Gasteiger partial charge in [0.2, 0.25) is 5.88 Å². The lowest BCUT2D eigenvalue weighted by Crippen LogP contribution is -2.41. The number of hydrogen-bond acceptors (Lipinski definition) is 6. The first-order valence-electron chi connectivity index (χ1n) is 9.53. The Morgan fingerprint density at radius 1 is 1.25 bits per heavy atom. The molecule has 1 aromatic heterocycles. The Labute approximate surface area is 129 Å². The Bertz CT molecular complexity index is 683. The van der Waals surface area contributed by atoms with Gasteiger partial charge in [0.25, 0.3) is 0 Å². The Kier molecular flexibility index (Phi) is 2.36. The summed E-state index contributed by atoms with van der Waals surface area (Å²) in [4.78, 5) is 7.92. The quantitative estimate of drug-likeness (QED) is 0.747. The Morgan fingerprint density at radius 2 is 1.95 bits per heavy atom. The van der Waals surface area contributed by atoms with Gasteiger partial charge in [-0.2, -0.15) is 0 Å². The van der Waals surface area contributed by atoms with E-state index < -0.39 is 38.5 Å². The third-order valence-electron chi connectivity index (χ3n) is 3.37. The zero-order chi connectivity index (χ0) is 20.9. The second kappa shape index (κ2) is 5.67. The Morgan fingerprint density at radius 3 is 2.60 bits per heavy atom. The molecular formula is C13H21BN2O4. The highest BCUT2D eigenvalue weighted by Crippen LogP contribution is 2.36. The summed E-state index contributed by atoms with van der Waals surface area (Å²) in [5.41, 5.74) is -1.06. The molecule has 1 saturated heterocycles. The van der Waals surface area contributed by atoms with Crippen molar-refractivity contribution in [2.45, 2.75) is 38.9 Å². The van der Waals surface area contributed by atoms with E-state index >= 15 is 0 Å². The van der Waals surface area contributed by atoms with Gasteiger partial charge in [0, 0.05) is 13.2 Å².